The van der Waals surface area contributed by atoms with E-state index in [0.717, 1.165) is 52.8 Å². The predicted octanol–water partition coefficient (Wildman–Crippen LogP) is 4.56. The van der Waals surface area contributed by atoms with Crippen molar-refractivity contribution >= 4 is 6.29 Å². The number of aromatic nitrogens is 2. The number of ether oxygens (including phenoxy) is 1. The van der Waals surface area contributed by atoms with Crippen molar-refractivity contribution in [3.8, 4) is 28.3 Å². The lowest BCUT2D eigenvalue weighted by Gasteiger charge is -2.17. The molecule has 7 heteroatoms. The van der Waals surface area contributed by atoms with E-state index in [9.17, 15) is 18.0 Å². The van der Waals surface area contributed by atoms with Crippen molar-refractivity contribution in [1.29, 1.82) is 0 Å². The first kappa shape index (κ1) is 17.3. The molecule has 0 unspecified atom stereocenters. The van der Waals surface area contributed by atoms with Gasteiger partial charge in [0.15, 0.2) is 0 Å². The Labute approximate surface area is 153 Å². The molecule has 3 aromatic rings. The van der Waals surface area contributed by atoms with Crippen LogP contribution in [0.5, 0.6) is 5.75 Å². The lowest BCUT2D eigenvalue weighted by molar-refractivity contribution is -0.274. The van der Waals surface area contributed by atoms with Crippen LogP contribution in [0.3, 0.4) is 0 Å². The third kappa shape index (κ3) is 3.20. The molecule has 0 amide bonds. The second-order valence-corrected chi connectivity index (χ2v) is 6.41. The number of alkyl halides is 3. The lowest BCUT2D eigenvalue weighted by atomic mass is 9.87. The Morgan fingerprint density at radius 1 is 1.11 bits per heavy atom. The number of fused-ring (bicyclic) bond motifs is 3. The molecule has 4 rings (SSSR count). The predicted molar refractivity (Wildman–Crippen MR) is 93.6 cm³/mol. The molecule has 4 nitrogen and oxygen atoms in total. The van der Waals surface area contributed by atoms with Crippen molar-refractivity contribution in [2.24, 2.45) is 7.05 Å². The van der Waals surface area contributed by atoms with Gasteiger partial charge in [-0.25, -0.2) is 0 Å². The number of benzene rings is 2. The fourth-order valence-electron chi connectivity index (χ4n) is 3.58. The van der Waals surface area contributed by atoms with E-state index in [1.807, 2.05) is 19.2 Å². The summed E-state index contributed by atoms with van der Waals surface area (Å²) < 4.78 is 42.7. The van der Waals surface area contributed by atoms with Crippen molar-refractivity contribution in [3.05, 3.63) is 59.2 Å². The normalized spacial score (nSPS) is 13.0. The molecule has 1 aliphatic rings. The number of carbonyl (C=O) groups is 1. The molecule has 138 valence electrons. The molecule has 0 spiro atoms. The molecule has 0 radical (unpaired) electrons. The highest BCUT2D eigenvalue weighted by molar-refractivity contribution is 5.82. The Kier molecular flexibility index (Phi) is 4.02. The summed E-state index contributed by atoms with van der Waals surface area (Å²) in [6.45, 7) is 0. The first-order valence-electron chi connectivity index (χ1n) is 8.36. The molecular weight excluding hydrogens is 357 g/mol. The third-order valence-corrected chi connectivity index (χ3v) is 4.67. The number of rotatable bonds is 3. The van der Waals surface area contributed by atoms with Gasteiger partial charge in [0, 0.05) is 29.3 Å². The summed E-state index contributed by atoms with van der Waals surface area (Å²) in [5, 5.41) is 4.62. The van der Waals surface area contributed by atoms with E-state index in [1.54, 1.807) is 22.9 Å². The van der Waals surface area contributed by atoms with Crippen LogP contribution in [0.2, 0.25) is 0 Å². The molecule has 0 N–H and O–H groups in total. The summed E-state index contributed by atoms with van der Waals surface area (Å²) in [5.74, 6) is -0.256. The average molecular weight is 372 g/mol. The van der Waals surface area contributed by atoms with Crippen molar-refractivity contribution in [2.45, 2.75) is 19.2 Å². The van der Waals surface area contributed by atoms with E-state index in [2.05, 4.69) is 9.84 Å². The van der Waals surface area contributed by atoms with Crippen molar-refractivity contribution in [3.63, 3.8) is 0 Å². The maximum atomic E-state index is 12.3. The zero-order chi connectivity index (χ0) is 19.2. The maximum absolute atomic E-state index is 12.3. The number of carbonyl (C=O) groups excluding carboxylic acids is 1. The van der Waals surface area contributed by atoms with Gasteiger partial charge in [0.1, 0.15) is 12.0 Å². The second-order valence-electron chi connectivity index (χ2n) is 6.41. The first-order valence-corrected chi connectivity index (χ1v) is 8.36. The van der Waals surface area contributed by atoms with E-state index >= 15 is 0 Å². The number of nitrogens with zero attached hydrogens (tertiary/aromatic N) is 2. The standard InChI is InChI=1S/C20H15F3N2O2/c1-25-19(13-3-6-15(7-4-13)27-20(21,22)23)17-9-5-14-10-12(11-26)2-8-16(14)18(17)24-25/h2-4,6-8,10-11H,5,9H2,1H3. The zero-order valence-electron chi connectivity index (χ0n) is 14.4. The number of hydrogen-bond acceptors (Lipinski definition) is 3. The van der Waals surface area contributed by atoms with Crippen LogP contribution in [0, 0.1) is 0 Å². The van der Waals surface area contributed by atoms with Gasteiger partial charge in [-0.1, -0.05) is 12.1 Å². The maximum Gasteiger partial charge on any atom is 0.573 e. The Balaban J connectivity index is 1.74. The monoisotopic (exact) mass is 372 g/mol. The van der Waals surface area contributed by atoms with Crippen molar-refractivity contribution < 1.29 is 22.7 Å². The van der Waals surface area contributed by atoms with E-state index < -0.39 is 6.36 Å². The molecule has 0 saturated carbocycles. The van der Waals surface area contributed by atoms with Crippen LogP contribution < -0.4 is 4.74 Å². The van der Waals surface area contributed by atoms with Crippen LogP contribution in [0.15, 0.2) is 42.5 Å². The largest absolute Gasteiger partial charge is 0.573 e. The van der Waals surface area contributed by atoms with Gasteiger partial charge in [-0.15, -0.1) is 13.2 Å². The number of aldehydes is 1. The Bertz CT molecular complexity index is 1020. The van der Waals surface area contributed by atoms with Gasteiger partial charge < -0.3 is 4.74 Å². The molecule has 0 aliphatic heterocycles. The van der Waals surface area contributed by atoms with Gasteiger partial charge in [-0.2, -0.15) is 5.10 Å². The van der Waals surface area contributed by atoms with Crippen LogP contribution in [0.1, 0.15) is 21.5 Å². The van der Waals surface area contributed by atoms with Gasteiger partial charge in [0.25, 0.3) is 0 Å². The van der Waals surface area contributed by atoms with Gasteiger partial charge in [0.2, 0.25) is 0 Å². The van der Waals surface area contributed by atoms with E-state index in [1.165, 1.54) is 12.1 Å². The molecule has 1 heterocycles. The van der Waals surface area contributed by atoms with Crippen LogP contribution >= 0.6 is 0 Å². The Morgan fingerprint density at radius 3 is 2.52 bits per heavy atom. The summed E-state index contributed by atoms with van der Waals surface area (Å²) in [5.41, 5.74) is 6.23. The number of aryl methyl sites for hydroxylation is 2. The SMILES string of the molecule is Cn1nc2c(c1-c1ccc(OC(F)(F)F)cc1)CCc1cc(C=O)ccc1-2. The molecule has 1 aromatic heterocycles. The van der Waals surface area contributed by atoms with Gasteiger partial charge in [-0.05, 0) is 48.7 Å². The average Bonchev–Trinajstić information content (AvgIpc) is 2.97. The third-order valence-electron chi connectivity index (χ3n) is 4.67. The summed E-state index contributed by atoms with van der Waals surface area (Å²) in [7, 11) is 1.81. The second kappa shape index (κ2) is 6.26. The minimum absolute atomic E-state index is 0.256. The van der Waals surface area contributed by atoms with Crippen LogP contribution in [0.4, 0.5) is 13.2 Å². The fourth-order valence-corrected chi connectivity index (χ4v) is 3.58. The van der Waals surface area contributed by atoms with E-state index in [-0.39, 0.29) is 5.75 Å². The first-order chi connectivity index (χ1) is 12.9. The summed E-state index contributed by atoms with van der Waals surface area (Å²) in [6.07, 6.45) is -2.37. The molecule has 0 fully saturated rings. The van der Waals surface area contributed by atoms with E-state index in [0.29, 0.717) is 5.56 Å². The molecule has 1 aliphatic carbocycles. The molecular formula is C20H15F3N2O2. The topological polar surface area (TPSA) is 44.1 Å². The number of hydrogen-bond donors (Lipinski definition) is 0. The minimum atomic E-state index is -4.71. The molecule has 2 aromatic carbocycles. The Hall–Kier alpha value is -3.09. The van der Waals surface area contributed by atoms with Crippen molar-refractivity contribution in [1.82, 2.24) is 9.78 Å². The minimum Gasteiger partial charge on any atom is -0.406 e. The quantitative estimate of drug-likeness (QED) is 0.633. The van der Waals surface area contributed by atoms with Gasteiger partial charge in [-0.3, -0.25) is 9.48 Å². The van der Waals surface area contributed by atoms with Crippen LogP contribution in [0.25, 0.3) is 22.5 Å². The molecule has 0 saturated heterocycles. The van der Waals surface area contributed by atoms with Crippen molar-refractivity contribution in [2.75, 3.05) is 0 Å². The highest BCUT2D eigenvalue weighted by Crippen LogP contribution is 2.39. The fraction of sp³-hybridized carbons (Fsp3) is 0.200. The van der Waals surface area contributed by atoms with Gasteiger partial charge >= 0.3 is 6.36 Å². The highest BCUT2D eigenvalue weighted by Gasteiger charge is 2.31. The molecule has 0 atom stereocenters. The zero-order valence-corrected chi connectivity index (χ0v) is 14.4. The summed E-state index contributed by atoms with van der Waals surface area (Å²) >= 11 is 0. The summed E-state index contributed by atoms with van der Waals surface area (Å²) in [6, 6.07) is 11.3. The Morgan fingerprint density at radius 2 is 1.85 bits per heavy atom. The van der Waals surface area contributed by atoms with Crippen LogP contribution in [-0.2, 0) is 19.9 Å². The van der Waals surface area contributed by atoms with E-state index in [4.69, 9.17) is 0 Å². The number of halogens is 3. The molecule has 0 bridgehead atoms. The smallest absolute Gasteiger partial charge is 0.406 e. The summed E-state index contributed by atoms with van der Waals surface area (Å²) in [4.78, 5) is 11.0. The lowest BCUT2D eigenvalue weighted by Crippen LogP contribution is -2.16. The molecule has 27 heavy (non-hydrogen) atoms. The van der Waals surface area contributed by atoms with Gasteiger partial charge in [0.05, 0.1) is 11.4 Å². The van der Waals surface area contributed by atoms with Crippen LogP contribution in [-0.4, -0.2) is 22.4 Å². The highest BCUT2D eigenvalue weighted by atomic mass is 19.4.